The molecule has 0 saturated heterocycles. The number of nitrogens with one attached hydrogen (secondary N) is 2. The third-order valence-corrected chi connectivity index (χ3v) is 10.8. The SMILES string of the molecule is C1=Cc2cc3ccc(cc4ccc(cc5nc(cc1n2)C=C5)[nH]4)[nH]3.c1cc2ccc3cccc4ccc(c1)c2c34.c1cc2ccc3cccc4ccc(c1)c2c34. The Bertz CT molecular complexity index is 3000. The van der Waals surface area contributed by atoms with Crippen LogP contribution in [0.1, 0.15) is 22.8 Å². The number of aromatic nitrogens is 4. The lowest BCUT2D eigenvalue weighted by Crippen LogP contribution is -1.82. The zero-order valence-corrected chi connectivity index (χ0v) is 30.4. The van der Waals surface area contributed by atoms with Crippen LogP contribution < -0.4 is 0 Å². The molecule has 0 spiro atoms. The van der Waals surface area contributed by atoms with Gasteiger partial charge in [0.15, 0.2) is 0 Å². The zero-order valence-electron chi connectivity index (χ0n) is 30.4. The smallest absolute Gasteiger partial charge is 0.0659 e. The highest BCUT2D eigenvalue weighted by molar-refractivity contribution is 6.24. The predicted molar refractivity (Wildman–Crippen MR) is 239 cm³/mol. The van der Waals surface area contributed by atoms with Gasteiger partial charge in [0, 0.05) is 22.1 Å². The average molecular weight is 715 g/mol. The van der Waals surface area contributed by atoms with Gasteiger partial charge < -0.3 is 9.97 Å². The molecule has 56 heavy (non-hydrogen) atoms. The summed E-state index contributed by atoms with van der Waals surface area (Å²) in [5, 5.41) is 16.3. The van der Waals surface area contributed by atoms with Crippen LogP contribution in [0.3, 0.4) is 0 Å². The quantitative estimate of drug-likeness (QED) is 0.154. The fourth-order valence-electron chi connectivity index (χ4n) is 8.28. The van der Waals surface area contributed by atoms with E-state index < -0.39 is 0 Å². The summed E-state index contributed by atoms with van der Waals surface area (Å²) in [6.45, 7) is 0. The van der Waals surface area contributed by atoms with E-state index in [4.69, 9.17) is 0 Å². The Hall–Kier alpha value is -7.56. The molecule has 8 aromatic carbocycles. The normalized spacial score (nSPS) is 12.1. The van der Waals surface area contributed by atoms with E-state index in [-0.39, 0.29) is 0 Å². The number of benzene rings is 8. The van der Waals surface area contributed by atoms with Gasteiger partial charge in [-0.25, -0.2) is 9.97 Å². The Labute approximate surface area is 322 Å². The summed E-state index contributed by atoms with van der Waals surface area (Å²) in [5.74, 6) is 0. The van der Waals surface area contributed by atoms with Crippen molar-refractivity contribution in [2.45, 2.75) is 0 Å². The van der Waals surface area contributed by atoms with Crippen molar-refractivity contribution in [3.05, 3.63) is 193 Å². The van der Waals surface area contributed by atoms with Crippen LogP contribution in [-0.4, -0.2) is 19.9 Å². The summed E-state index contributed by atoms with van der Waals surface area (Å²) in [6.07, 6.45) is 8.05. The highest BCUT2D eigenvalue weighted by atomic mass is 14.8. The molecular weight excluding hydrogens is 681 g/mol. The Morgan fingerprint density at radius 2 is 0.500 bits per heavy atom. The first-order valence-corrected chi connectivity index (χ1v) is 19.0. The highest BCUT2D eigenvalue weighted by Gasteiger charge is 2.08. The van der Waals surface area contributed by atoms with Crippen molar-refractivity contribution in [1.29, 1.82) is 0 Å². The Balaban J connectivity index is 0.000000100. The number of aromatic amines is 2. The van der Waals surface area contributed by atoms with Crippen molar-refractivity contribution >= 4 is 111 Å². The average Bonchev–Trinajstić information content (AvgIpc) is 4.07. The van der Waals surface area contributed by atoms with Gasteiger partial charge in [0.25, 0.3) is 0 Å². The van der Waals surface area contributed by atoms with E-state index in [0.29, 0.717) is 0 Å². The number of rotatable bonds is 0. The van der Waals surface area contributed by atoms with Crippen molar-refractivity contribution < 1.29 is 0 Å². The summed E-state index contributed by atoms with van der Waals surface area (Å²) >= 11 is 0. The lowest BCUT2D eigenvalue weighted by atomic mass is 9.95. The molecule has 0 fully saturated rings. The minimum Gasteiger partial charge on any atom is -0.355 e. The number of nitrogens with zero attached hydrogens (tertiary/aromatic N) is 2. The number of H-pyrrole nitrogens is 2. The molecule has 0 amide bonds. The molecule has 5 heterocycles. The lowest BCUT2D eigenvalue weighted by molar-refractivity contribution is 1.28. The molecule has 4 heteroatoms. The van der Waals surface area contributed by atoms with Crippen molar-refractivity contribution in [1.82, 2.24) is 19.9 Å². The second kappa shape index (κ2) is 13.1. The largest absolute Gasteiger partial charge is 0.355 e. The van der Waals surface area contributed by atoms with Crippen LogP contribution in [0, 0.1) is 0 Å². The van der Waals surface area contributed by atoms with Gasteiger partial charge in [-0.05, 0) is 137 Å². The van der Waals surface area contributed by atoms with Crippen LogP contribution in [-0.2, 0) is 0 Å². The molecule has 2 aliphatic heterocycles. The molecule has 0 aliphatic carbocycles. The summed E-state index contributed by atoms with van der Waals surface area (Å²) in [5.41, 5.74) is 7.86. The topological polar surface area (TPSA) is 57.4 Å². The van der Waals surface area contributed by atoms with Gasteiger partial charge in [0.2, 0.25) is 0 Å². The van der Waals surface area contributed by atoms with Gasteiger partial charge in [-0.3, -0.25) is 0 Å². The molecule has 4 nitrogen and oxygen atoms in total. The van der Waals surface area contributed by atoms with Gasteiger partial charge in [-0.2, -0.15) is 0 Å². The molecule has 3 aromatic heterocycles. The molecule has 0 saturated carbocycles. The molecule has 2 N–H and O–H groups in total. The van der Waals surface area contributed by atoms with Crippen molar-refractivity contribution in [3.63, 3.8) is 0 Å². The summed E-state index contributed by atoms with van der Waals surface area (Å²) in [7, 11) is 0. The summed E-state index contributed by atoms with van der Waals surface area (Å²) in [6, 6.07) is 60.1. The summed E-state index contributed by atoms with van der Waals surface area (Å²) in [4.78, 5) is 16.0. The Kier molecular flexibility index (Phi) is 7.46. The maximum absolute atomic E-state index is 4.62. The first-order chi connectivity index (χ1) is 27.7. The first-order valence-electron chi connectivity index (χ1n) is 19.0. The fourth-order valence-corrected chi connectivity index (χ4v) is 8.28. The molecule has 8 bridgehead atoms. The van der Waals surface area contributed by atoms with Gasteiger partial charge in [-0.1, -0.05) is 121 Å². The third kappa shape index (κ3) is 5.81. The van der Waals surface area contributed by atoms with Crippen LogP contribution in [0.15, 0.2) is 170 Å². The minimum atomic E-state index is 0.915. The van der Waals surface area contributed by atoms with E-state index >= 15 is 0 Å². The molecule has 0 atom stereocenters. The molecular formula is C52H34N4. The molecule has 0 unspecified atom stereocenters. The van der Waals surface area contributed by atoms with Crippen LogP contribution >= 0.6 is 0 Å². The van der Waals surface area contributed by atoms with Crippen molar-refractivity contribution in [2.24, 2.45) is 0 Å². The number of hydrogen-bond donors (Lipinski definition) is 2. The fraction of sp³-hybridized carbons (Fsp3) is 0. The molecule has 262 valence electrons. The van der Waals surface area contributed by atoms with E-state index in [1.165, 1.54) is 64.6 Å². The molecule has 11 aromatic rings. The second-order valence-electron chi connectivity index (χ2n) is 14.5. The van der Waals surface area contributed by atoms with Crippen molar-refractivity contribution in [2.75, 3.05) is 0 Å². The highest BCUT2D eigenvalue weighted by Crippen LogP contribution is 2.35. The van der Waals surface area contributed by atoms with E-state index in [2.05, 4.69) is 172 Å². The minimum absolute atomic E-state index is 0.915. The van der Waals surface area contributed by atoms with Crippen molar-refractivity contribution in [3.8, 4) is 0 Å². The van der Waals surface area contributed by atoms with Crippen LogP contribution in [0.2, 0.25) is 0 Å². The molecule has 2 aliphatic rings. The maximum atomic E-state index is 4.62. The van der Waals surface area contributed by atoms with Crippen LogP contribution in [0.5, 0.6) is 0 Å². The van der Waals surface area contributed by atoms with E-state index in [0.717, 1.165) is 44.8 Å². The van der Waals surface area contributed by atoms with Crippen LogP contribution in [0.4, 0.5) is 0 Å². The number of fused-ring (bicyclic) bond motifs is 8. The van der Waals surface area contributed by atoms with Gasteiger partial charge in [-0.15, -0.1) is 0 Å². The predicted octanol–water partition coefficient (Wildman–Crippen LogP) is 13.8. The Morgan fingerprint density at radius 1 is 0.250 bits per heavy atom. The standard InChI is InChI=1S/C20H14N4.2C16H10/c1-2-14-10-16-5-6-18(23-16)12-20-8-7-19(24-20)11-17-4-3-15(22-17)9-13(1)21-14;2*1-3-11-7-9-13-5-2-6-14-10-8-12(4-1)15(11)16(13)14/h1-12,21-22H;2*1-10H. The van der Waals surface area contributed by atoms with E-state index in [1.807, 2.05) is 42.5 Å². The lowest BCUT2D eigenvalue weighted by Gasteiger charge is -2.09. The molecule has 0 radical (unpaired) electrons. The van der Waals surface area contributed by atoms with Crippen LogP contribution in [0.25, 0.3) is 111 Å². The maximum Gasteiger partial charge on any atom is 0.0659 e. The van der Waals surface area contributed by atoms with Gasteiger partial charge in [0.05, 0.1) is 22.8 Å². The zero-order chi connectivity index (χ0) is 37.0. The molecule has 13 rings (SSSR count). The monoisotopic (exact) mass is 714 g/mol. The van der Waals surface area contributed by atoms with E-state index in [1.54, 1.807) is 0 Å². The Morgan fingerprint density at radius 3 is 0.786 bits per heavy atom. The second-order valence-corrected chi connectivity index (χ2v) is 14.5. The van der Waals surface area contributed by atoms with Gasteiger partial charge >= 0.3 is 0 Å². The number of hydrogen-bond acceptors (Lipinski definition) is 2. The van der Waals surface area contributed by atoms with E-state index in [9.17, 15) is 0 Å². The first kappa shape index (κ1) is 31.9. The van der Waals surface area contributed by atoms with Gasteiger partial charge in [0.1, 0.15) is 0 Å². The third-order valence-electron chi connectivity index (χ3n) is 10.8. The summed E-state index contributed by atoms with van der Waals surface area (Å²) < 4.78 is 0.